The molecule has 0 unspecified atom stereocenters. The van der Waals surface area contributed by atoms with Crippen molar-refractivity contribution in [3.8, 4) is 0 Å². The van der Waals surface area contributed by atoms with Crippen LogP contribution in [0.1, 0.15) is 44.9 Å². The Morgan fingerprint density at radius 3 is 2.19 bits per heavy atom. The zero-order valence-corrected chi connectivity index (χ0v) is 17.2. The third kappa shape index (κ3) is 7.59. The molecular weight excluding hydrogens is 388 g/mol. The van der Waals surface area contributed by atoms with Crippen molar-refractivity contribution in [1.29, 1.82) is 0 Å². The summed E-state index contributed by atoms with van der Waals surface area (Å²) in [5.41, 5.74) is 0. The molecule has 27 heavy (non-hydrogen) atoms. The van der Waals surface area contributed by atoms with E-state index >= 15 is 0 Å². The van der Waals surface area contributed by atoms with Gasteiger partial charge in [0.15, 0.2) is 0 Å². The van der Waals surface area contributed by atoms with Gasteiger partial charge in [0.25, 0.3) is 0 Å². The molecule has 0 radical (unpaired) electrons. The van der Waals surface area contributed by atoms with Crippen LogP contribution in [-0.2, 0) is 24.7 Å². The number of sulfonamides is 1. The summed E-state index contributed by atoms with van der Waals surface area (Å²) in [5, 5.41) is 2.91. The average molecular weight is 417 g/mol. The molecule has 1 fully saturated rings. The second-order valence-corrected chi connectivity index (χ2v) is 11.1. The number of hydrogen-bond donors (Lipinski definition) is 2. The number of hydrogen-bond acceptors (Lipinski definition) is 5. The van der Waals surface area contributed by atoms with Crippen molar-refractivity contribution in [3.63, 3.8) is 0 Å². The molecule has 0 bridgehead atoms. The molecule has 2 N–H and O–H groups in total. The minimum atomic E-state index is -3.93. The molecule has 152 valence electrons. The fourth-order valence-corrected chi connectivity index (χ4v) is 5.07. The van der Waals surface area contributed by atoms with E-state index in [9.17, 15) is 21.6 Å². The standard InChI is InChI=1S/C18H28N2O5S2/c1-26(22,23)14-13-17(18(21)19-15-9-5-2-3-6-10-15)20-27(24,25)16-11-7-4-8-12-16/h4,7-8,11-12,15,17,20H,2-3,5-6,9-10,13-14H2,1H3,(H,19,21)/t17-/m0/s1. The largest absolute Gasteiger partial charge is 0.352 e. The maximum atomic E-state index is 12.7. The Morgan fingerprint density at radius 1 is 1.04 bits per heavy atom. The summed E-state index contributed by atoms with van der Waals surface area (Å²) < 4.78 is 50.6. The van der Waals surface area contributed by atoms with Crippen molar-refractivity contribution in [1.82, 2.24) is 10.0 Å². The average Bonchev–Trinajstić information content (AvgIpc) is 2.87. The SMILES string of the molecule is CS(=O)(=O)CC[C@H](NS(=O)(=O)c1ccccc1)C(=O)NC1CCCCCC1. The number of carbonyl (C=O) groups excluding carboxylic acids is 1. The maximum Gasteiger partial charge on any atom is 0.241 e. The van der Waals surface area contributed by atoms with Gasteiger partial charge in [-0.1, -0.05) is 43.9 Å². The molecule has 1 aliphatic carbocycles. The van der Waals surface area contributed by atoms with Gasteiger partial charge in [-0.3, -0.25) is 4.79 Å². The summed E-state index contributed by atoms with van der Waals surface area (Å²) in [6, 6.07) is 6.60. The number of carbonyl (C=O) groups is 1. The van der Waals surface area contributed by atoms with Gasteiger partial charge >= 0.3 is 0 Å². The van der Waals surface area contributed by atoms with Crippen molar-refractivity contribution < 1.29 is 21.6 Å². The predicted octanol–water partition coefficient (Wildman–Crippen LogP) is 1.61. The van der Waals surface area contributed by atoms with Gasteiger partial charge in [0, 0.05) is 12.3 Å². The van der Waals surface area contributed by atoms with Crippen molar-refractivity contribution in [2.75, 3.05) is 12.0 Å². The highest BCUT2D eigenvalue weighted by molar-refractivity contribution is 7.90. The second kappa shape index (κ2) is 9.66. The first kappa shape index (κ1) is 21.8. The molecule has 1 atom stereocenters. The third-order valence-corrected chi connectivity index (χ3v) is 7.11. The first-order valence-corrected chi connectivity index (χ1v) is 12.8. The van der Waals surface area contributed by atoms with Crippen LogP contribution in [0, 0.1) is 0 Å². The van der Waals surface area contributed by atoms with Crippen LogP contribution >= 0.6 is 0 Å². The second-order valence-electron chi connectivity index (χ2n) is 7.10. The Labute approximate surface area is 161 Å². The minimum Gasteiger partial charge on any atom is -0.352 e. The van der Waals surface area contributed by atoms with Gasteiger partial charge in [0.05, 0.1) is 10.6 Å². The first-order valence-electron chi connectivity index (χ1n) is 9.23. The lowest BCUT2D eigenvalue weighted by molar-refractivity contribution is -0.123. The van der Waals surface area contributed by atoms with E-state index in [2.05, 4.69) is 10.0 Å². The first-order chi connectivity index (χ1) is 12.7. The van der Waals surface area contributed by atoms with E-state index in [-0.39, 0.29) is 23.1 Å². The highest BCUT2D eigenvalue weighted by Gasteiger charge is 2.28. The fourth-order valence-electron chi connectivity index (χ4n) is 3.16. The van der Waals surface area contributed by atoms with Crippen molar-refractivity contribution in [2.45, 2.75) is 61.9 Å². The van der Waals surface area contributed by atoms with Crippen LogP contribution in [0.25, 0.3) is 0 Å². The monoisotopic (exact) mass is 416 g/mol. The van der Waals surface area contributed by atoms with Crippen LogP contribution in [0.5, 0.6) is 0 Å². The Morgan fingerprint density at radius 2 is 1.63 bits per heavy atom. The molecule has 1 saturated carbocycles. The van der Waals surface area contributed by atoms with Crippen LogP contribution in [0.2, 0.25) is 0 Å². The maximum absolute atomic E-state index is 12.7. The lowest BCUT2D eigenvalue weighted by Gasteiger charge is -2.22. The van der Waals surface area contributed by atoms with Crippen LogP contribution in [0.4, 0.5) is 0 Å². The molecule has 2 rings (SSSR count). The van der Waals surface area contributed by atoms with Gasteiger partial charge in [0.2, 0.25) is 15.9 Å². The lowest BCUT2D eigenvalue weighted by Crippen LogP contribution is -2.50. The van der Waals surface area contributed by atoms with E-state index in [0.717, 1.165) is 44.8 Å². The highest BCUT2D eigenvalue weighted by Crippen LogP contribution is 2.18. The summed E-state index contributed by atoms with van der Waals surface area (Å²) in [6.45, 7) is 0. The van der Waals surface area contributed by atoms with E-state index in [0.29, 0.717) is 0 Å². The molecular formula is C18H28N2O5S2. The molecule has 1 aromatic carbocycles. The van der Waals surface area contributed by atoms with Crippen LogP contribution in [0.15, 0.2) is 35.2 Å². The molecule has 1 aliphatic rings. The predicted molar refractivity (Wildman–Crippen MR) is 105 cm³/mol. The smallest absolute Gasteiger partial charge is 0.241 e. The molecule has 1 aromatic rings. The Bertz CT molecular complexity index is 815. The summed E-state index contributed by atoms with van der Waals surface area (Å²) in [6.07, 6.45) is 6.98. The molecule has 7 nitrogen and oxygen atoms in total. The molecule has 1 amide bonds. The van der Waals surface area contributed by atoms with E-state index in [1.54, 1.807) is 18.2 Å². The summed E-state index contributed by atoms with van der Waals surface area (Å²) in [4.78, 5) is 12.8. The number of sulfone groups is 1. The lowest BCUT2D eigenvalue weighted by atomic mass is 10.1. The summed E-state index contributed by atoms with van der Waals surface area (Å²) in [7, 11) is -7.25. The fraction of sp³-hybridized carbons (Fsp3) is 0.611. The zero-order chi connectivity index (χ0) is 19.9. The van der Waals surface area contributed by atoms with Gasteiger partial charge in [-0.05, 0) is 31.4 Å². The van der Waals surface area contributed by atoms with Crippen LogP contribution in [-0.4, -0.2) is 46.8 Å². The molecule has 0 aliphatic heterocycles. The molecule has 0 heterocycles. The van der Waals surface area contributed by atoms with Crippen LogP contribution < -0.4 is 10.0 Å². The zero-order valence-electron chi connectivity index (χ0n) is 15.6. The Hall–Kier alpha value is -1.45. The normalized spacial score (nSPS) is 17.8. The quantitative estimate of drug-likeness (QED) is 0.626. The van der Waals surface area contributed by atoms with Gasteiger partial charge in [-0.25, -0.2) is 16.8 Å². The van der Waals surface area contributed by atoms with Crippen molar-refractivity contribution in [3.05, 3.63) is 30.3 Å². The van der Waals surface area contributed by atoms with E-state index in [4.69, 9.17) is 0 Å². The minimum absolute atomic E-state index is 0.00182. The van der Waals surface area contributed by atoms with Crippen molar-refractivity contribution in [2.24, 2.45) is 0 Å². The Kier molecular flexibility index (Phi) is 7.81. The number of rotatable bonds is 8. The molecule has 9 heteroatoms. The number of benzene rings is 1. The van der Waals surface area contributed by atoms with E-state index in [1.807, 2.05) is 0 Å². The van der Waals surface area contributed by atoms with Gasteiger partial charge < -0.3 is 5.32 Å². The third-order valence-electron chi connectivity index (χ3n) is 4.65. The number of nitrogens with one attached hydrogen (secondary N) is 2. The van der Waals surface area contributed by atoms with Gasteiger partial charge in [-0.2, -0.15) is 4.72 Å². The van der Waals surface area contributed by atoms with Gasteiger partial charge in [0.1, 0.15) is 15.9 Å². The van der Waals surface area contributed by atoms with Crippen molar-refractivity contribution >= 4 is 25.8 Å². The number of amides is 1. The summed E-state index contributed by atoms with van der Waals surface area (Å²) >= 11 is 0. The van der Waals surface area contributed by atoms with Gasteiger partial charge in [-0.15, -0.1) is 0 Å². The highest BCUT2D eigenvalue weighted by atomic mass is 32.2. The Balaban J connectivity index is 2.13. The summed E-state index contributed by atoms with van der Waals surface area (Å²) in [5.74, 6) is -0.738. The van der Waals surface area contributed by atoms with Crippen LogP contribution in [0.3, 0.4) is 0 Å². The molecule has 0 spiro atoms. The van der Waals surface area contributed by atoms with E-state index in [1.165, 1.54) is 12.1 Å². The molecule has 0 aromatic heterocycles. The van der Waals surface area contributed by atoms with E-state index < -0.39 is 31.8 Å². The topological polar surface area (TPSA) is 109 Å². The molecule has 0 saturated heterocycles.